The highest BCUT2D eigenvalue weighted by atomic mass is 32.2. The number of carbonyl (C=O) groups is 1. The number of hydrogen-bond acceptors (Lipinski definition) is 6. The Morgan fingerprint density at radius 3 is 2.21 bits per heavy atom. The van der Waals surface area contributed by atoms with Crippen molar-refractivity contribution in [1.29, 1.82) is 0 Å². The van der Waals surface area contributed by atoms with Crippen molar-refractivity contribution in [2.75, 3.05) is 42.5 Å². The highest BCUT2D eigenvalue weighted by Gasteiger charge is 2.36. The monoisotopic (exact) mass is 683 g/mol. The van der Waals surface area contributed by atoms with E-state index < -0.39 is 39.5 Å². The predicted molar refractivity (Wildman–Crippen MR) is 171 cm³/mol. The van der Waals surface area contributed by atoms with E-state index in [1.807, 2.05) is 9.80 Å². The quantitative estimate of drug-likeness (QED) is 0.192. The fourth-order valence-corrected chi connectivity index (χ4v) is 7.20. The minimum atomic E-state index is -4.51. The number of amides is 1. The number of benzene rings is 3. The standard InChI is InChI=1S/C34H30F5N5O3S/c35-26-11-13-27(14-12-26)48(46,47)44-15-3-6-31(44)33(45)40-22-23-20-29(24-7-9-25(10-8-24)34(37,38)39)41-32(21-23)43-18-16-42(17-19-43)30-5-2-1-4-28(30)36/h1-14,20-21,31H,15-19,22H2,(H,40,45)/t31-/m0/s1. The Kier molecular flexibility index (Phi) is 9.21. The molecular weight excluding hydrogens is 653 g/mol. The van der Waals surface area contributed by atoms with Crippen molar-refractivity contribution in [3.05, 3.63) is 120 Å². The van der Waals surface area contributed by atoms with Gasteiger partial charge in [-0.25, -0.2) is 22.2 Å². The maximum atomic E-state index is 14.4. The molecule has 2 aliphatic rings. The summed E-state index contributed by atoms with van der Waals surface area (Å²) in [4.78, 5) is 21.8. The largest absolute Gasteiger partial charge is 0.416 e. The molecule has 14 heteroatoms. The second-order valence-electron chi connectivity index (χ2n) is 11.3. The van der Waals surface area contributed by atoms with E-state index in [1.165, 1.54) is 24.3 Å². The molecule has 250 valence electrons. The number of carbonyl (C=O) groups excluding carboxylic acids is 1. The molecule has 1 amide bonds. The number of halogens is 5. The number of alkyl halides is 3. The van der Waals surface area contributed by atoms with Crippen molar-refractivity contribution in [2.45, 2.75) is 23.7 Å². The molecule has 1 fully saturated rings. The van der Waals surface area contributed by atoms with E-state index in [0.29, 0.717) is 54.5 Å². The Bertz CT molecular complexity index is 1930. The Labute approximate surface area is 274 Å². The molecule has 0 saturated carbocycles. The lowest BCUT2D eigenvalue weighted by atomic mass is 10.1. The number of rotatable bonds is 8. The van der Waals surface area contributed by atoms with E-state index >= 15 is 0 Å². The van der Waals surface area contributed by atoms with Crippen molar-refractivity contribution in [3.8, 4) is 11.3 Å². The van der Waals surface area contributed by atoms with Crippen LogP contribution in [-0.4, -0.2) is 62.4 Å². The van der Waals surface area contributed by atoms with Crippen molar-refractivity contribution < 1.29 is 35.2 Å². The predicted octanol–water partition coefficient (Wildman–Crippen LogP) is 5.62. The fraction of sp³-hybridized carbons (Fsp3) is 0.235. The molecule has 0 spiro atoms. The SMILES string of the molecule is O=C(NCc1cc(-c2ccc(C(F)(F)F)cc2)nc(N2CCN(c3ccccc3F)CC2)c1)[C@@H]1C=CCN1S(=O)(=O)c1ccc(F)cc1. The molecule has 3 heterocycles. The summed E-state index contributed by atoms with van der Waals surface area (Å²) in [5.74, 6) is -0.997. The van der Waals surface area contributed by atoms with Crippen LogP contribution in [0.1, 0.15) is 11.1 Å². The van der Waals surface area contributed by atoms with Gasteiger partial charge in [0.15, 0.2) is 0 Å². The van der Waals surface area contributed by atoms with E-state index in [2.05, 4.69) is 5.32 Å². The molecule has 0 aliphatic carbocycles. The van der Waals surface area contributed by atoms with E-state index in [1.54, 1.807) is 36.4 Å². The van der Waals surface area contributed by atoms with Gasteiger partial charge in [0.1, 0.15) is 23.5 Å². The zero-order valence-electron chi connectivity index (χ0n) is 25.4. The third-order valence-corrected chi connectivity index (χ3v) is 10.1. The van der Waals surface area contributed by atoms with Crippen LogP contribution in [0.4, 0.5) is 33.5 Å². The number of sulfonamides is 1. The average Bonchev–Trinajstić information content (AvgIpc) is 3.59. The summed E-state index contributed by atoms with van der Waals surface area (Å²) < 4.78 is 95.1. The van der Waals surface area contributed by atoms with Gasteiger partial charge in [0.2, 0.25) is 15.9 Å². The number of anilines is 2. The molecule has 0 radical (unpaired) electrons. The van der Waals surface area contributed by atoms with Crippen molar-refractivity contribution in [1.82, 2.24) is 14.6 Å². The lowest BCUT2D eigenvalue weighted by molar-refractivity contribution is -0.137. The summed E-state index contributed by atoms with van der Waals surface area (Å²) in [6.45, 7) is 1.86. The summed E-state index contributed by atoms with van der Waals surface area (Å²) in [5.41, 5.74) is 1.07. The first-order valence-electron chi connectivity index (χ1n) is 15.0. The van der Waals surface area contributed by atoms with Gasteiger partial charge in [-0.2, -0.15) is 17.5 Å². The van der Waals surface area contributed by atoms with Crippen molar-refractivity contribution in [2.24, 2.45) is 0 Å². The topological polar surface area (TPSA) is 85.8 Å². The number of piperazine rings is 1. The maximum absolute atomic E-state index is 14.4. The van der Waals surface area contributed by atoms with Crippen LogP contribution in [0, 0.1) is 11.6 Å². The maximum Gasteiger partial charge on any atom is 0.416 e. The lowest BCUT2D eigenvalue weighted by Gasteiger charge is -2.37. The van der Waals surface area contributed by atoms with Crippen LogP contribution in [-0.2, 0) is 27.5 Å². The summed E-state index contributed by atoms with van der Waals surface area (Å²) >= 11 is 0. The number of aromatic nitrogens is 1. The Balaban J connectivity index is 1.23. The normalized spacial score (nSPS) is 17.1. The average molecular weight is 684 g/mol. The molecule has 8 nitrogen and oxygen atoms in total. The smallest absolute Gasteiger partial charge is 0.366 e. The first kappa shape index (κ1) is 33.1. The van der Waals surface area contributed by atoms with Gasteiger partial charge < -0.3 is 15.1 Å². The zero-order valence-corrected chi connectivity index (χ0v) is 26.2. The fourth-order valence-electron chi connectivity index (χ4n) is 5.70. The summed E-state index contributed by atoms with van der Waals surface area (Å²) in [7, 11) is -4.12. The van der Waals surface area contributed by atoms with E-state index in [0.717, 1.165) is 40.7 Å². The van der Waals surface area contributed by atoms with Crippen molar-refractivity contribution in [3.63, 3.8) is 0 Å². The van der Waals surface area contributed by atoms with Gasteiger partial charge in [0.05, 0.1) is 21.8 Å². The molecule has 0 bridgehead atoms. The highest BCUT2D eigenvalue weighted by Crippen LogP contribution is 2.32. The molecule has 0 unspecified atom stereocenters. The first-order valence-corrected chi connectivity index (χ1v) is 16.5. The van der Waals surface area contributed by atoms with Gasteiger partial charge in [0, 0.05) is 44.8 Å². The molecule has 1 atom stereocenters. The first-order chi connectivity index (χ1) is 22.9. The second-order valence-corrected chi connectivity index (χ2v) is 13.2. The number of nitrogens with zero attached hydrogens (tertiary/aromatic N) is 4. The van der Waals surface area contributed by atoms with E-state index in [-0.39, 0.29) is 23.8 Å². The second kappa shape index (κ2) is 13.4. The van der Waals surface area contributed by atoms with Crippen molar-refractivity contribution >= 4 is 27.4 Å². The molecule has 1 aromatic heterocycles. The van der Waals surface area contributed by atoms with Gasteiger partial charge in [-0.15, -0.1) is 0 Å². The summed E-state index contributed by atoms with van der Waals surface area (Å²) in [5, 5.41) is 2.77. The van der Waals surface area contributed by atoms with Gasteiger partial charge in [-0.05, 0) is 66.2 Å². The Morgan fingerprint density at radius 1 is 0.875 bits per heavy atom. The third-order valence-electron chi connectivity index (χ3n) is 8.25. The Hall–Kier alpha value is -4.82. The van der Waals surface area contributed by atoms with Crippen LogP contribution in [0.5, 0.6) is 0 Å². The van der Waals surface area contributed by atoms with Crippen LogP contribution in [0.2, 0.25) is 0 Å². The van der Waals surface area contributed by atoms with Gasteiger partial charge in [0.25, 0.3) is 0 Å². The molecule has 3 aromatic carbocycles. The molecule has 6 rings (SSSR count). The summed E-state index contributed by atoms with van der Waals surface area (Å²) in [6, 6.07) is 17.7. The Morgan fingerprint density at radius 2 is 1.54 bits per heavy atom. The van der Waals surface area contributed by atoms with Crippen LogP contribution in [0.15, 0.2) is 102 Å². The minimum absolute atomic E-state index is 0.0358. The zero-order chi connectivity index (χ0) is 34.1. The third kappa shape index (κ3) is 7.04. The van der Waals surface area contributed by atoms with E-state index in [9.17, 15) is 35.2 Å². The van der Waals surface area contributed by atoms with Crippen LogP contribution in [0.3, 0.4) is 0 Å². The minimum Gasteiger partial charge on any atom is -0.366 e. The van der Waals surface area contributed by atoms with Gasteiger partial charge in [-0.1, -0.05) is 36.4 Å². The molecule has 4 aromatic rings. The number of hydrogen-bond donors (Lipinski definition) is 1. The molecule has 48 heavy (non-hydrogen) atoms. The van der Waals surface area contributed by atoms with Gasteiger partial charge >= 0.3 is 6.18 Å². The summed E-state index contributed by atoms with van der Waals surface area (Å²) in [6.07, 6.45) is -1.48. The highest BCUT2D eigenvalue weighted by molar-refractivity contribution is 7.89. The number of pyridine rings is 1. The molecular formula is C34H30F5N5O3S. The van der Waals surface area contributed by atoms with Crippen LogP contribution in [0.25, 0.3) is 11.3 Å². The van der Waals surface area contributed by atoms with E-state index in [4.69, 9.17) is 4.98 Å². The van der Waals surface area contributed by atoms with Crippen LogP contribution < -0.4 is 15.1 Å². The molecule has 1 N–H and O–H groups in total. The van der Waals surface area contributed by atoms with Gasteiger partial charge in [-0.3, -0.25) is 4.79 Å². The molecule has 2 aliphatic heterocycles. The van der Waals surface area contributed by atoms with Crippen LogP contribution >= 0.6 is 0 Å². The number of para-hydroxylation sites is 1. The molecule has 1 saturated heterocycles. The number of nitrogens with one attached hydrogen (secondary N) is 1. The lowest BCUT2D eigenvalue weighted by Crippen LogP contribution is -2.47.